The third kappa shape index (κ3) is 1.72. The molecule has 3 nitrogen and oxygen atoms in total. The second-order valence-electron chi connectivity index (χ2n) is 3.96. The number of aromatic nitrogens is 2. The second kappa shape index (κ2) is 3.49. The average Bonchev–Trinajstić information content (AvgIpc) is 2.60. The fourth-order valence-corrected chi connectivity index (χ4v) is 1.95. The lowest BCUT2D eigenvalue weighted by Gasteiger charge is -2.15. The molecule has 76 valence electrons. The van der Waals surface area contributed by atoms with Crippen molar-refractivity contribution in [2.75, 3.05) is 0 Å². The van der Waals surface area contributed by atoms with Crippen LogP contribution < -0.4 is 0 Å². The van der Waals surface area contributed by atoms with Gasteiger partial charge in [0.25, 0.3) is 0 Å². The Kier molecular flexibility index (Phi) is 2.43. The van der Waals surface area contributed by atoms with E-state index in [0.717, 1.165) is 14.9 Å². The Labute approximate surface area is 102 Å². The van der Waals surface area contributed by atoms with Gasteiger partial charge in [-0.1, -0.05) is 0 Å². The van der Waals surface area contributed by atoms with Crippen molar-refractivity contribution in [1.82, 2.24) is 9.38 Å². The number of pyridine rings is 1. The predicted molar refractivity (Wildman–Crippen MR) is 66.5 cm³/mol. The van der Waals surface area contributed by atoms with E-state index in [-0.39, 0.29) is 0 Å². The number of hydrogen-bond donors (Lipinski definition) is 0. The maximum Gasteiger partial charge on any atom is 0.137 e. The molecule has 15 heavy (non-hydrogen) atoms. The summed E-state index contributed by atoms with van der Waals surface area (Å²) in [7, 11) is 0. The zero-order valence-corrected chi connectivity index (χ0v) is 10.7. The van der Waals surface area contributed by atoms with Crippen LogP contribution in [0.4, 0.5) is 0 Å². The topological polar surface area (TPSA) is 41.1 Å². The maximum atomic E-state index is 9.05. The second-order valence-corrected chi connectivity index (χ2v) is 5.07. The fraction of sp³-hybridized carbons (Fsp3) is 0.273. The van der Waals surface area contributed by atoms with Crippen LogP contribution in [-0.2, 0) is 5.41 Å². The van der Waals surface area contributed by atoms with Gasteiger partial charge >= 0.3 is 0 Å². The van der Waals surface area contributed by atoms with Gasteiger partial charge in [0.2, 0.25) is 0 Å². The zero-order valence-electron chi connectivity index (χ0n) is 8.53. The molecule has 0 spiro atoms. The molecule has 0 aliphatic heterocycles. The standard InChI is InChI=1S/C11H10IN3/c1-11(2,7-13)8-3-4-15-9(12)6-14-10(15)5-8/h3-6H,1-2H3. The molecule has 0 saturated carbocycles. The van der Waals surface area contributed by atoms with Crippen molar-refractivity contribution >= 4 is 28.2 Å². The molecule has 0 unspecified atom stereocenters. The van der Waals surface area contributed by atoms with Crippen molar-refractivity contribution in [2.45, 2.75) is 19.3 Å². The molecule has 0 aliphatic rings. The normalized spacial score (nSPS) is 11.6. The molecule has 0 bridgehead atoms. The van der Waals surface area contributed by atoms with Crippen molar-refractivity contribution in [3.63, 3.8) is 0 Å². The van der Waals surface area contributed by atoms with Gasteiger partial charge in [-0.15, -0.1) is 0 Å². The van der Waals surface area contributed by atoms with Crippen LogP contribution in [0.2, 0.25) is 0 Å². The molecule has 0 aliphatic carbocycles. The van der Waals surface area contributed by atoms with Crippen molar-refractivity contribution in [3.8, 4) is 6.07 Å². The number of hydrogen-bond acceptors (Lipinski definition) is 2. The minimum atomic E-state index is -0.459. The highest BCUT2D eigenvalue weighted by atomic mass is 127. The van der Waals surface area contributed by atoms with Gasteiger partial charge in [0.15, 0.2) is 0 Å². The summed E-state index contributed by atoms with van der Waals surface area (Å²) in [6, 6.07) is 6.23. The van der Waals surface area contributed by atoms with Crippen LogP contribution >= 0.6 is 22.6 Å². The Balaban J connectivity index is 2.63. The van der Waals surface area contributed by atoms with E-state index in [1.807, 2.05) is 42.8 Å². The first kappa shape index (κ1) is 10.4. The van der Waals surface area contributed by atoms with E-state index in [9.17, 15) is 0 Å². The van der Waals surface area contributed by atoms with Gasteiger partial charge in [-0.3, -0.25) is 4.40 Å². The molecule has 2 aromatic rings. The zero-order chi connectivity index (χ0) is 11.1. The van der Waals surface area contributed by atoms with Crippen LogP contribution in [0.25, 0.3) is 5.65 Å². The predicted octanol–water partition coefficient (Wildman–Crippen LogP) is 2.74. The van der Waals surface area contributed by atoms with E-state index in [0.29, 0.717) is 0 Å². The summed E-state index contributed by atoms with van der Waals surface area (Å²) < 4.78 is 3.07. The lowest BCUT2D eigenvalue weighted by molar-refractivity contribution is 0.685. The maximum absolute atomic E-state index is 9.05. The number of rotatable bonds is 1. The first-order valence-corrected chi connectivity index (χ1v) is 5.67. The quantitative estimate of drug-likeness (QED) is 0.760. The van der Waals surface area contributed by atoms with Crippen LogP contribution in [0, 0.1) is 15.0 Å². The molecular formula is C11H10IN3. The van der Waals surface area contributed by atoms with Crippen LogP contribution in [0.5, 0.6) is 0 Å². The largest absolute Gasteiger partial charge is 0.295 e. The summed E-state index contributed by atoms with van der Waals surface area (Å²) >= 11 is 2.23. The average molecular weight is 311 g/mol. The lowest BCUT2D eigenvalue weighted by Crippen LogP contribution is -2.14. The monoisotopic (exact) mass is 311 g/mol. The van der Waals surface area contributed by atoms with Crippen molar-refractivity contribution in [3.05, 3.63) is 33.8 Å². The molecule has 0 amide bonds. The minimum absolute atomic E-state index is 0.459. The molecule has 4 heteroatoms. The summed E-state index contributed by atoms with van der Waals surface area (Å²) in [5.74, 6) is 0. The van der Waals surface area contributed by atoms with Crippen LogP contribution in [0.3, 0.4) is 0 Å². The number of fused-ring (bicyclic) bond motifs is 1. The fourth-order valence-electron chi connectivity index (χ4n) is 1.40. The van der Waals surface area contributed by atoms with Gasteiger partial charge < -0.3 is 0 Å². The molecule has 0 aromatic carbocycles. The molecule has 0 saturated heterocycles. The van der Waals surface area contributed by atoms with Gasteiger partial charge in [-0.2, -0.15) is 5.26 Å². The Hall–Kier alpha value is -1.09. The Bertz CT molecular complexity index is 548. The Morgan fingerprint density at radius 1 is 1.53 bits per heavy atom. The van der Waals surface area contributed by atoms with Crippen molar-refractivity contribution in [1.29, 1.82) is 5.26 Å². The number of halogens is 1. The summed E-state index contributed by atoms with van der Waals surface area (Å²) in [6.07, 6.45) is 3.78. The smallest absolute Gasteiger partial charge is 0.137 e. The molecule has 0 N–H and O–H groups in total. The van der Waals surface area contributed by atoms with E-state index < -0.39 is 5.41 Å². The molecule has 0 radical (unpaired) electrons. The first-order chi connectivity index (χ1) is 7.04. The number of nitrogens with zero attached hydrogens (tertiary/aromatic N) is 3. The van der Waals surface area contributed by atoms with Crippen LogP contribution in [-0.4, -0.2) is 9.38 Å². The Morgan fingerprint density at radius 3 is 2.93 bits per heavy atom. The molecule has 0 fully saturated rings. The molecular weight excluding hydrogens is 301 g/mol. The minimum Gasteiger partial charge on any atom is -0.295 e. The highest BCUT2D eigenvalue weighted by molar-refractivity contribution is 14.1. The summed E-state index contributed by atoms with van der Waals surface area (Å²) in [5, 5.41) is 9.05. The van der Waals surface area contributed by atoms with Crippen molar-refractivity contribution < 1.29 is 0 Å². The third-order valence-electron chi connectivity index (χ3n) is 2.47. The summed E-state index contributed by atoms with van der Waals surface area (Å²) in [5.41, 5.74) is 1.43. The van der Waals surface area contributed by atoms with E-state index in [1.54, 1.807) is 0 Å². The van der Waals surface area contributed by atoms with Gasteiger partial charge in [0.05, 0.1) is 17.7 Å². The van der Waals surface area contributed by atoms with Crippen LogP contribution in [0.15, 0.2) is 24.5 Å². The molecule has 2 aromatic heterocycles. The SMILES string of the molecule is CC(C)(C#N)c1ccn2c(I)cnc2c1. The first-order valence-electron chi connectivity index (χ1n) is 4.59. The highest BCUT2D eigenvalue weighted by Crippen LogP contribution is 2.23. The van der Waals surface area contributed by atoms with E-state index >= 15 is 0 Å². The third-order valence-corrected chi connectivity index (χ3v) is 3.27. The van der Waals surface area contributed by atoms with E-state index in [2.05, 4.69) is 33.6 Å². The highest BCUT2D eigenvalue weighted by Gasteiger charge is 2.20. The molecule has 2 rings (SSSR count). The molecule has 0 atom stereocenters. The van der Waals surface area contributed by atoms with E-state index in [4.69, 9.17) is 5.26 Å². The lowest BCUT2D eigenvalue weighted by atomic mass is 9.87. The Morgan fingerprint density at radius 2 is 2.27 bits per heavy atom. The number of imidazole rings is 1. The van der Waals surface area contributed by atoms with Crippen LogP contribution in [0.1, 0.15) is 19.4 Å². The number of nitriles is 1. The molecule has 2 heterocycles. The summed E-state index contributed by atoms with van der Waals surface area (Å²) in [4.78, 5) is 4.27. The van der Waals surface area contributed by atoms with Crippen molar-refractivity contribution in [2.24, 2.45) is 0 Å². The van der Waals surface area contributed by atoms with E-state index in [1.165, 1.54) is 0 Å². The van der Waals surface area contributed by atoms with Gasteiger partial charge in [-0.25, -0.2) is 4.98 Å². The van der Waals surface area contributed by atoms with Gasteiger partial charge in [0, 0.05) is 6.20 Å². The van der Waals surface area contributed by atoms with Gasteiger partial charge in [0.1, 0.15) is 9.35 Å². The van der Waals surface area contributed by atoms with Gasteiger partial charge in [-0.05, 0) is 54.1 Å². The summed E-state index contributed by atoms with van der Waals surface area (Å²) in [6.45, 7) is 3.82.